The average Bonchev–Trinajstić information content (AvgIpc) is 3.17. The molecule has 1 amide bonds. The molecule has 176 valence electrons. The van der Waals surface area contributed by atoms with Gasteiger partial charge in [0.05, 0.1) is 18.7 Å². The number of primary amides is 1. The van der Waals surface area contributed by atoms with Crippen molar-refractivity contribution in [3.63, 3.8) is 0 Å². The lowest BCUT2D eigenvalue weighted by atomic mass is 10.1. The van der Waals surface area contributed by atoms with E-state index in [1.807, 2.05) is 44.2 Å². The van der Waals surface area contributed by atoms with Crippen LogP contribution in [0.25, 0.3) is 21.9 Å². The van der Waals surface area contributed by atoms with Crippen molar-refractivity contribution < 1.29 is 23.4 Å². The fourth-order valence-corrected chi connectivity index (χ4v) is 4.40. The number of carbonyl (C=O) groups is 1. The van der Waals surface area contributed by atoms with Crippen LogP contribution in [0.4, 0.5) is 0 Å². The van der Waals surface area contributed by atoms with Gasteiger partial charge in [-0.15, -0.1) is 0 Å². The summed E-state index contributed by atoms with van der Waals surface area (Å²) in [5.74, 6) is 1.63. The molecular formula is C26H27N3O5. The number of hydrogen-bond donors (Lipinski definition) is 1. The van der Waals surface area contributed by atoms with Crippen LogP contribution < -0.4 is 15.2 Å². The number of nitrogens with two attached hydrogens (primary N) is 1. The van der Waals surface area contributed by atoms with E-state index in [-0.39, 0.29) is 5.76 Å². The van der Waals surface area contributed by atoms with Crippen LogP contribution >= 0.6 is 0 Å². The quantitative estimate of drug-likeness (QED) is 0.440. The molecule has 8 heteroatoms. The molecule has 0 atom stereocenters. The lowest BCUT2D eigenvalue weighted by molar-refractivity contribution is 0.0322. The second-order valence-corrected chi connectivity index (χ2v) is 8.43. The Morgan fingerprint density at radius 2 is 1.94 bits per heavy atom. The number of aryl methyl sites for hydroxylation is 2. The number of ether oxygens (including phenoxy) is 3. The topological polar surface area (TPSA) is 100 Å². The van der Waals surface area contributed by atoms with Crippen LogP contribution in [0.1, 0.15) is 21.7 Å². The Morgan fingerprint density at radius 1 is 1.12 bits per heavy atom. The summed E-state index contributed by atoms with van der Waals surface area (Å²) in [7, 11) is 0. The zero-order valence-electron chi connectivity index (χ0n) is 19.3. The maximum atomic E-state index is 11.7. The Labute approximate surface area is 197 Å². The Kier molecular flexibility index (Phi) is 6.08. The minimum atomic E-state index is -0.585. The van der Waals surface area contributed by atoms with E-state index >= 15 is 0 Å². The molecule has 1 aliphatic rings. The highest BCUT2D eigenvalue weighted by Gasteiger charge is 2.18. The van der Waals surface area contributed by atoms with Gasteiger partial charge in [-0.05, 0) is 43.7 Å². The number of morpholine rings is 1. The summed E-state index contributed by atoms with van der Waals surface area (Å²) in [6.07, 6.45) is 1.71. The van der Waals surface area contributed by atoms with Gasteiger partial charge in [0.2, 0.25) is 0 Å². The number of aromatic nitrogens is 1. The summed E-state index contributed by atoms with van der Waals surface area (Å²) in [6, 6.07) is 11.3. The first-order valence-electron chi connectivity index (χ1n) is 11.3. The molecule has 1 saturated heterocycles. The number of carbonyl (C=O) groups excluding carboxylic acids is 1. The van der Waals surface area contributed by atoms with Crippen LogP contribution in [0.3, 0.4) is 0 Å². The molecule has 1 fully saturated rings. The van der Waals surface area contributed by atoms with Gasteiger partial charge in [-0.2, -0.15) is 0 Å². The maximum absolute atomic E-state index is 11.7. The van der Waals surface area contributed by atoms with Crippen molar-refractivity contribution in [1.29, 1.82) is 0 Å². The summed E-state index contributed by atoms with van der Waals surface area (Å²) in [6.45, 7) is 8.69. The first kappa shape index (κ1) is 22.2. The molecule has 0 spiro atoms. The summed E-state index contributed by atoms with van der Waals surface area (Å²) in [4.78, 5) is 18.5. The van der Waals surface area contributed by atoms with Gasteiger partial charge in [0.25, 0.3) is 5.91 Å². The number of hydrogen-bond acceptors (Lipinski definition) is 7. The van der Waals surface area contributed by atoms with Gasteiger partial charge in [-0.25, -0.2) is 0 Å². The van der Waals surface area contributed by atoms with Gasteiger partial charge in [-0.1, -0.05) is 0 Å². The van der Waals surface area contributed by atoms with E-state index in [4.69, 9.17) is 24.4 Å². The molecule has 0 bridgehead atoms. The van der Waals surface area contributed by atoms with E-state index in [9.17, 15) is 4.79 Å². The molecule has 5 rings (SSSR count). The van der Waals surface area contributed by atoms with Gasteiger partial charge < -0.3 is 24.4 Å². The largest absolute Gasteiger partial charge is 0.492 e. The number of pyridine rings is 1. The third-order valence-corrected chi connectivity index (χ3v) is 6.11. The van der Waals surface area contributed by atoms with Crippen molar-refractivity contribution in [1.82, 2.24) is 9.88 Å². The Bertz CT molecular complexity index is 1360. The molecule has 4 aromatic rings. The van der Waals surface area contributed by atoms with E-state index < -0.39 is 5.91 Å². The summed E-state index contributed by atoms with van der Waals surface area (Å²) < 4.78 is 23.3. The molecule has 2 aromatic heterocycles. The van der Waals surface area contributed by atoms with Gasteiger partial charge >= 0.3 is 0 Å². The van der Waals surface area contributed by atoms with Crippen LogP contribution in [0, 0.1) is 13.8 Å². The lowest BCUT2D eigenvalue weighted by Gasteiger charge is -2.26. The van der Waals surface area contributed by atoms with Crippen LogP contribution in [-0.2, 0) is 4.74 Å². The summed E-state index contributed by atoms with van der Waals surface area (Å²) in [5.41, 5.74) is 8.47. The second kappa shape index (κ2) is 9.32. The lowest BCUT2D eigenvalue weighted by Crippen LogP contribution is -2.38. The Hall–Kier alpha value is -3.62. The van der Waals surface area contributed by atoms with E-state index in [2.05, 4.69) is 9.88 Å². The van der Waals surface area contributed by atoms with Gasteiger partial charge in [-0.3, -0.25) is 14.7 Å². The fourth-order valence-electron chi connectivity index (χ4n) is 4.40. The molecule has 2 N–H and O–H groups in total. The molecule has 0 aliphatic carbocycles. The average molecular weight is 462 g/mol. The zero-order valence-corrected chi connectivity index (χ0v) is 19.3. The highest BCUT2D eigenvalue weighted by molar-refractivity contribution is 5.99. The van der Waals surface area contributed by atoms with Gasteiger partial charge in [0.15, 0.2) is 5.76 Å². The first-order chi connectivity index (χ1) is 16.5. The number of amides is 1. The minimum absolute atomic E-state index is 0.172. The molecule has 0 unspecified atom stereocenters. The Morgan fingerprint density at radius 3 is 2.74 bits per heavy atom. The summed E-state index contributed by atoms with van der Waals surface area (Å²) >= 11 is 0. The number of furan rings is 1. The van der Waals surface area contributed by atoms with Crippen molar-refractivity contribution in [3.05, 3.63) is 59.5 Å². The van der Waals surface area contributed by atoms with E-state index in [1.54, 1.807) is 12.3 Å². The standard InChI is InChI=1S/C26H27N3O5/c1-16-13-19(15-23-24(16)17(2)25(34-23)26(27)30)33-22-5-6-28-21-14-18(3-4-20(21)22)32-12-9-29-7-10-31-11-8-29/h3-6,13-15H,7-12H2,1-2H3,(H2,27,30). The smallest absolute Gasteiger partial charge is 0.284 e. The molecule has 1 aliphatic heterocycles. The van der Waals surface area contributed by atoms with Crippen LogP contribution in [0.15, 0.2) is 47.0 Å². The van der Waals surface area contributed by atoms with Gasteiger partial charge in [0.1, 0.15) is 29.4 Å². The van der Waals surface area contributed by atoms with Gasteiger partial charge in [0, 0.05) is 54.3 Å². The molecule has 3 heterocycles. The molecule has 2 aromatic carbocycles. The fraction of sp³-hybridized carbons (Fsp3) is 0.308. The highest BCUT2D eigenvalue weighted by Crippen LogP contribution is 2.36. The van der Waals surface area contributed by atoms with E-state index in [1.165, 1.54) is 0 Å². The highest BCUT2D eigenvalue weighted by atomic mass is 16.5. The number of rotatable bonds is 7. The monoisotopic (exact) mass is 461 g/mol. The van der Waals surface area contributed by atoms with Crippen LogP contribution in [0.5, 0.6) is 17.2 Å². The predicted molar refractivity (Wildman–Crippen MR) is 129 cm³/mol. The normalized spacial score (nSPS) is 14.5. The second-order valence-electron chi connectivity index (χ2n) is 8.43. The van der Waals surface area contributed by atoms with Crippen LogP contribution in [0.2, 0.25) is 0 Å². The number of fused-ring (bicyclic) bond motifs is 2. The van der Waals surface area contributed by atoms with Crippen molar-refractivity contribution in [2.24, 2.45) is 5.73 Å². The first-order valence-corrected chi connectivity index (χ1v) is 11.3. The molecule has 8 nitrogen and oxygen atoms in total. The predicted octanol–water partition coefficient (Wildman–Crippen LogP) is 4.20. The molecular weight excluding hydrogens is 434 g/mol. The van der Waals surface area contributed by atoms with E-state index in [0.29, 0.717) is 23.7 Å². The van der Waals surface area contributed by atoms with Crippen molar-refractivity contribution >= 4 is 27.8 Å². The van der Waals surface area contributed by atoms with Crippen molar-refractivity contribution in [3.8, 4) is 17.2 Å². The third-order valence-electron chi connectivity index (χ3n) is 6.11. The minimum Gasteiger partial charge on any atom is -0.492 e. The van der Waals surface area contributed by atoms with Crippen molar-refractivity contribution in [2.45, 2.75) is 13.8 Å². The SMILES string of the molecule is Cc1cc(Oc2ccnc3cc(OCCN4CCOCC4)ccc23)cc2oc(C(N)=O)c(C)c12. The van der Waals surface area contributed by atoms with Crippen molar-refractivity contribution in [2.75, 3.05) is 39.5 Å². The zero-order chi connectivity index (χ0) is 23.7. The molecule has 0 saturated carbocycles. The number of benzene rings is 2. The molecule has 0 radical (unpaired) electrons. The van der Waals surface area contributed by atoms with E-state index in [0.717, 1.165) is 66.0 Å². The maximum Gasteiger partial charge on any atom is 0.284 e. The summed E-state index contributed by atoms with van der Waals surface area (Å²) in [5, 5.41) is 1.74. The third kappa shape index (κ3) is 4.42. The van der Waals surface area contributed by atoms with Crippen LogP contribution in [-0.4, -0.2) is 55.2 Å². The Balaban J connectivity index is 1.35. The molecule has 34 heavy (non-hydrogen) atoms. The number of nitrogens with zero attached hydrogens (tertiary/aromatic N) is 2.